The number of rotatable bonds is 3. The fraction of sp³-hybridized carbons (Fsp3) is 0.304. The Bertz CT molecular complexity index is 1040. The molecule has 1 saturated heterocycles. The minimum Gasteiger partial charge on any atom is -0.378 e. The number of morpholine rings is 1. The highest BCUT2D eigenvalue weighted by molar-refractivity contribution is 5.94. The number of benzene rings is 1. The van der Waals surface area contributed by atoms with Crippen LogP contribution in [0.3, 0.4) is 0 Å². The lowest BCUT2D eigenvalue weighted by Gasteiger charge is -2.34. The number of anilines is 1. The lowest BCUT2D eigenvalue weighted by molar-refractivity contribution is 0.0732. The van der Waals surface area contributed by atoms with Crippen LogP contribution in [0.5, 0.6) is 0 Å². The molecule has 0 atom stereocenters. The Labute approximate surface area is 175 Å². The van der Waals surface area contributed by atoms with E-state index in [0.717, 1.165) is 41.6 Å². The van der Waals surface area contributed by atoms with Gasteiger partial charge in [-0.1, -0.05) is 30.3 Å². The zero-order chi connectivity index (χ0) is 20.3. The first-order valence-electron chi connectivity index (χ1n) is 10.3. The van der Waals surface area contributed by atoms with Gasteiger partial charge in [0.2, 0.25) is 0 Å². The Kier molecular flexibility index (Phi) is 5.11. The molecule has 0 unspecified atom stereocenters. The van der Waals surface area contributed by atoms with Crippen LogP contribution in [0.25, 0.3) is 11.4 Å². The number of carbonyl (C=O) groups is 1. The number of amides is 1. The van der Waals surface area contributed by atoms with E-state index in [-0.39, 0.29) is 5.91 Å². The summed E-state index contributed by atoms with van der Waals surface area (Å²) < 4.78 is 5.54. The largest absolute Gasteiger partial charge is 0.378 e. The van der Waals surface area contributed by atoms with Crippen molar-refractivity contribution in [2.24, 2.45) is 0 Å². The molecule has 0 spiro atoms. The molecule has 7 nitrogen and oxygen atoms in total. The Balaban J connectivity index is 1.53. The van der Waals surface area contributed by atoms with Gasteiger partial charge in [0.15, 0.2) is 5.82 Å². The van der Waals surface area contributed by atoms with E-state index in [0.29, 0.717) is 38.3 Å². The van der Waals surface area contributed by atoms with Crippen molar-refractivity contribution in [3.63, 3.8) is 0 Å². The van der Waals surface area contributed by atoms with E-state index in [9.17, 15) is 4.79 Å². The minimum atomic E-state index is -0.00573. The van der Waals surface area contributed by atoms with Crippen molar-refractivity contribution in [1.82, 2.24) is 19.9 Å². The molecule has 5 rings (SSSR count). The van der Waals surface area contributed by atoms with Gasteiger partial charge in [0.1, 0.15) is 5.82 Å². The summed E-state index contributed by atoms with van der Waals surface area (Å²) in [5.41, 5.74) is 3.68. The van der Waals surface area contributed by atoms with Gasteiger partial charge in [0.05, 0.1) is 31.0 Å². The molecule has 1 amide bonds. The van der Waals surface area contributed by atoms with Crippen molar-refractivity contribution >= 4 is 11.7 Å². The molecule has 0 aliphatic carbocycles. The molecule has 0 bridgehead atoms. The van der Waals surface area contributed by atoms with Crippen LogP contribution in [0.2, 0.25) is 0 Å². The van der Waals surface area contributed by atoms with Crippen molar-refractivity contribution < 1.29 is 9.53 Å². The topological polar surface area (TPSA) is 71.5 Å². The summed E-state index contributed by atoms with van der Waals surface area (Å²) in [7, 11) is 0. The number of hydrogen-bond acceptors (Lipinski definition) is 6. The second-order valence-corrected chi connectivity index (χ2v) is 7.48. The third-order valence-corrected chi connectivity index (χ3v) is 5.58. The second-order valence-electron chi connectivity index (χ2n) is 7.48. The summed E-state index contributed by atoms with van der Waals surface area (Å²) >= 11 is 0. The molecule has 1 fully saturated rings. The molecule has 2 aliphatic rings. The molecule has 2 aliphatic heterocycles. The summed E-state index contributed by atoms with van der Waals surface area (Å²) in [6.45, 7) is 4.07. The van der Waals surface area contributed by atoms with Crippen LogP contribution in [0, 0.1) is 0 Å². The number of aromatic nitrogens is 3. The third kappa shape index (κ3) is 3.64. The van der Waals surface area contributed by atoms with Crippen LogP contribution < -0.4 is 4.90 Å². The average Bonchev–Trinajstić information content (AvgIpc) is 2.84. The highest BCUT2D eigenvalue weighted by atomic mass is 16.5. The van der Waals surface area contributed by atoms with Gasteiger partial charge in [0, 0.05) is 49.6 Å². The molecule has 7 heteroatoms. The summed E-state index contributed by atoms with van der Waals surface area (Å²) in [5, 5.41) is 0. The number of ether oxygens (including phenoxy) is 1. The first kappa shape index (κ1) is 18.7. The van der Waals surface area contributed by atoms with Crippen molar-refractivity contribution in [2.75, 3.05) is 37.7 Å². The first-order valence-corrected chi connectivity index (χ1v) is 10.3. The van der Waals surface area contributed by atoms with Crippen LogP contribution in [0.1, 0.15) is 21.6 Å². The van der Waals surface area contributed by atoms with Gasteiger partial charge >= 0.3 is 0 Å². The van der Waals surface area contributed by atoms with Crippen molar-refractivity contribution in [3.8, 4) is 11.4 Å². The zero-order valence-electron chi connectivity index (χ0n) is 16.7. The van der Waals surface area contributed by atoms with Gasteiger partial charge in [-0.2, -0.15) is 0 Å². The number of pyridine rings is 1. The summed E-state index contributed by atoms with van der Waals surface area (Å²) in [4.78, 5) is 31.1. The number of hydrogen-bond donors (Lipinski definition) is 0. The number of fused-ring (bicyclic) bond motifs is 1. The van der Waals surface area contributed by atoms with Crippen LogP contribution in [-0.2, 0) is 17.7 Å². The number of nitrogens with zero attached hydrogens (tertiary/aromatic N) is 5. The number of carbonyl (C=O) groups excluding carboxylic acids is 1. The van der Waals surface area contributed by atoms with Crippen LogP contribution in [0.15, 0.2) is 54.9 Å². The maximum atomic E-state index is 13.0. The molecule has 2 aromatic heterocycles. The van der Waals surface area contributed by atoms with Gasteiger partial charge in [-0.25, -0.2) is 9.97 Å². The van der Waals surface area contributed by atoms with Crippen LogP contribution in [-0.4, -0.2) is 58.6 Å². The normalized spacial score (nSPS) is 16.3. The van der Waals surface area contributed by atoms with Gasteiger partial charge < -0.3 is 14.5 Å². The smallest absolute Gasteiger partial charge is 0.255 e. The summed E-state index contributed by atoms with van der Waals surface area (Å²) in [6.07, 6.45) is 4.01. The Morgan fingerprint density at radius 3 is 2.57 bits per heavy atom. The van der Waals surface area contributed by atoms with Crippen LogP contribution in [0.4, 0.5) is 5.82 Å². The molecule has 30 heavy (non-hydrogen) atoms. The minimum absolute atomic E-state index is 0.00573. The molecule has 0 N–H and O–H groups in total. The average molecular weight is 401 g/mol. The third-order valence-electron chi connectivity index (χ3n) is 5.58. The quantitative estimate of drug-likeness (QED) is 0.672. The van der Waals surface area contributed by atoms with Gasteiger partial charge in [-0.3, -0.25) is 9.78 Å². The fourth-order valence-corrected chi connectivity index (χ4v) is 3.99. The monoisotopic (exact) mass is 401 g/mol. The predicted octanol–water partition coefficient (Wildman–Crippen LogP) is 2.57. The van der Waals surface area contributed by atoms with E-state index in [4.69, 9.17) is 14.7 Å². The lowest BCUT2D eigenvalue weighted by Crippen LogP contribution is -2.41. The molecule has 0 saturated carbocycles. The summed E-state index contributed by atoms with van der Waals surface area (Å²) in [5.74, 6) is 1.66. The molecule has 3 aromatic rings. The van der Waals surface area contributed by atoms with Crippen molar-refractivity contribution in [2.45, 2.75) is 13.0 Å². The van der Waals surface area contributed by atoms with Gasteiger partial charge in [0.25, 0.3) is 5.91 Å². The lowest BCUT2D eigenvalue weighted by atomic mass is 10.0. The van der Waals surface area contributed by atoms with Gasteiger partial charge in [-0.15, -0.1) is 0 Å². The molecule has 4 heterocycles. The maximum absolute atomic E-state index is 13.0. The Hall–Kier alpha value is -3.32. The molecular weight excluding hydrogens is 378 g/mol. The Morgan fingerprint density at radius 1 is 0.967 bits per heavy atom. The second kappa shape index (κ2) is 8.20. The van der Waals surface area contributed by atoms with Crippen molar-refractivity contribution in [3.05, 3.63) is 71.7 Å². The highest BCUT2D eigenvalue weighted by Gasteiger charge is 2.29. The predicted molar refractivity (Wildman–Crippen MR) is 113 cm³/mol. The maximum Gasteiger partial charge on any atom is 0.255 e. The van der Waals surface area contributed by atoms with E-state index < -0.39 is 0 Å². The highest BCUT2D eigenvalue weighted by Crippen LogP contribution is 2.30. The van der Waals surface area contributed by atoms with E-state index in [1.807, 2.05) is 41.3 Å². The van der Waals surface area contributed by atoms with E-state index in [1.54, 1.807) is 18.5 Å². The Morgan fingerprint density at radius 2 is 1.80 bits per heavy atom. The first-order chi connectivity index (χ1) is 14.8. The van der Waals surface area contributed by atoms with Crippen LogP contribution >= 0.6 is 0 Å². The molecule has 1 aromatic carbocycles. The SMILES string of the molecule is O=C(c1cccnc1)N1CCc2nc(-c3ccccc3)nc(N3CCOCC3)c2C1. The fourth-order valence-electron chi connectivity index (χ4n) is 3.99. The molecule has 0 radical (unpaired) electrons. The van der Waals surface area contributed by atoms with Crippen molar-refractivity contribution in [1.29, 1.82) is 0 Å². The molecular formula is C23H23N5O2. The van der Waals surface area contributed by atoms with E-state index in [1.165, 1.54) is 0 Å². The van der Waals surface area contributed by atoms with E-state index in [2.05, 4.69) is 9.88 Å². The van der Waals surface area contributed by atoms with E-state index >= 15 is 0 Å². The zero-order valence-corrected chi connectivity index (χ0v) is 16.7. The van der Waals surface area contributed by atoms with Gasteiger partial charge in [-0.05, 0) is 12.1 Å². The summed E-state index contributed by atoms with van der Waals surface area (Å²) in [6, 6.07) is 13.7. The molecule has 152 valence electrons. The standard InChI is InChI=1S/C23H23N5O2/c29-23(18-7-4-9-24-15-18)28-10-8-20-19(16-28)22(27-11-13-30-14-12-27)26-21(25-20)17-5-2-1-3-6-17/h1-7,9,15H,8,10-14,16H2.